The van der Waals surface area contributed by atoms with Crippen molar-refractivity contribution in [2.45, 2.75) is 18.2 Å². The monoisotopic (exact) mass is 501 g/mol. The molecule has 1 aliphatic rings. The molecule has 0 radical (unpaired) electrons. The first-order valence-corrected chi connectivity index (χ1v) is 10.6. The maximum atomic E-state index is 14.4. The zero-order chi connectivity index (χ0) is 24.1. The van der Waals surface area contributed by atoms with Crippen LogP contribution in [0, 0.1) is 11.3 Å². The molecule has 2 heterocycles. The van der Waals surface area contributed by atoms with Crippen LogP contribution >= 0.6 is 23.2 Å². The molecule has 11 heteroatoms. The largest absolute Gasteiger partial charge is 0.435 e. The first-order valence-electron chi connectivity index (χ1n) is 9.84. The summed E-state index contributed by atoms with van der Waals surface area (Å²) in [6.45, 7) is 0. The summed E-state index contributed by atoms with van der Waals surface area (Å²) in [6, 6.07) is 16.1. The van der Waals surface area contributed by atoms with Crippen molar-refractivity contribution in [1.29, 1.82) is 5.26 Å². The first-order chi connectivity index (χ1) is 16.2. The van der Waals surface area contributed by atoms with E-state index < -0.39 is 18.2 Å². The highest BCUT2D eigenvalue weighted by Gasteiger charge is 2.62. The highest BCUT2D eigenvalue weighted by Crippen LogP contribution is 2.50. The molecular formula is C23H12Cl2F3N5O. The normalized spacial score (nSPS) is 17.9. The average Bonchev–Trinajstić information content (AvgIpc) is 3.45. The van der Waals surface area contributed by atoms with Crippen LogP contribution < -0.4 is 0 Å². The number of fused-ring (bicyclic) bond motifs is 1. The molecule has 0 saturated carbocycles. The third-order valence-corrected chi connectivity index (χ3v) is 6.07. The Labute approximate surface area is 200 Å². The van der Waals surface area contributed by atoms with Crippen LogP contribution in [0.2, 0.25) is 10.0 Å². The van der Waals surface area contributed by atoms with Crippen LogP contribution in [0.25, 0.3) is 16.5 Å². The van der Waals surface area contributed by atoms with Crippen LogP contribution in [0.5, 0.6) is 0 Å². The number of halogens is 5. The smallest absolute Gasteiger partial charge is 0.374 e. The minimum Gasteiger partial charge on any atom is -0.374 e. The number of benzene rings is 3. The van der Waals surface area contributed by atoms with E-state index in [9.17, 15) is 18.4 Å². The van der Waals surface area contributed by atoms with Crippen molar-refractivity contribution in [2.75, 3.05) is 0 Å². The third-order valence-electron chi connectivity index (χ3n) is 5.63. The molecule has 34 heavy (non-hydrogen) atoms. The molecule has 170 valence electrons. The van der Waals surface area contributed by atoms with Gasteiger partial charge in [-0.2, -0.15) is 18.4 Å². The molecule has 5 rings (SSSR count). The number of rotatable bonds is 3. The maximum Gasteiger partial charge on any atom is 0.435 e. The van der Waals surface area contributed by atoms with Crippen molar-refractivity contribution in [3.63, 3.8) is 0 Å². The Kier molecular flexibility index (Phi) is 5.23. The van der Waals surface area contributed by atoms with Gasteiger partial charge in [-0.15, -0.1) is 10.2 Å². The lowest BCUT2D eigenvalue weighted by Crippen LogP contribution is -2.42. The van der Waals surface area contributed by atoms with Gasteiger partial charge in [0.05, 0.1) is 11.4 Å². The predicted octanol–water partition coefficient (Wildman–Crippen LogP) is 6.18. The Morgan fingerprint density at radius 1 is 1.03 bits per heavy atom. The zero-order valence-electron chi connectivity index (χ0n) is 17.0. The van der Waals surface area contributed by atoms with Gasteiger partial charge in [-0.3, -0.25) is 4.57 Å². The fraction of sp³-hybridized carbons (Fsp3) is 0.130. The third kappa shape index (κ3) is 3.47. The molecule has 0 fully saturated rings. The number of hydrogen-bond donors (Lipinski definition) is 0. The Balaban J connectivity index is 1.63. The van der Waals surface area contributed by atoms with Gasteiger partial charge in [0.1, 0.15) is 12.4 Å². The van der Waals surface area contributed by atoms with Crippen molar-refractivity contribution in [2.24, 2.45) is 5.16 Å². The lowest BCUT2D eigenvalue weighted by atomic mass is 9.85. The average molecular weight is 502 g/mol. The van der Waals surface area contributed by atoms with E-state index in [1.165, 1.54) is 29.1 Å². The summed E-state index contributed by atoms with van der Waals surface area (Å²) in [5, 5.41) is 22.1. The maximum absolute atomic E-state index is 14.4. The fourth-order valence-corrected chi connectivity index (χ4v) is 4.59. The molecule has 1 atom stereocenters. The van der Waals surface area contributed by atoms with Crippen LogP contribution in [0.1, 0.15) is 23.4 Å². The quantitative estimate of drug-likeness (QED) is 0.335. The van der Waals surface area contributed by atoms with Crippen LogP contribution in [0.3, 0.4) is 0 Å². The van der Waals surface area contributed by atoms with E-state index in [2.05, 4.69) is 15.4 Å². The summed E-state index contributed by atoms with van der Waals surface area (Å²) in [5.41, 5.74) is -1.80. The van der Waals surface area contributed by atoms with Crippen LogP contribution in [-0.2, 0) is 10.4 Å². The van der Waals surface area contributed by atoms with Crippen LogP contribution in [0.15, 0.2) is 66.1 Å². The fourth-order valence-electron chi connectivity index (χ4n) is 4.07. The van der Waals surface area contributed by atoms with Gasteiger partial charge in [-0.1, -0.05) is 58.7 Å². The lowest BCUT2D eigenvalue weighted by molar-refractivity contribution is -0.275. The van der Waals surface area contributed by atoms with Gasteiger partial charge < -0.3 is 4.84 Å². The molecule has 1 aromatic heterocycles. The van der Waals surface area contributed by atoms with Crippen molar-refractivity contribution < 1.29 is 18.0 Å². The van der Waals surface area contributed by atoms with Crippen LogP contribution in [-0.4, -0.2) is 26.7 Å². The van der Waals surface area contributed by atoms with Gasteiger partial charge in [-0.25, -0.2) is 0 Å². The predicted molar refractivity (Wildman–Crippen MR) is 120 cm³/mol. The van der Waals surface area contributed by atoms with E-state index in [1.54, 1.807) is 36.4 Å². The Morgan fingerprint density at radius 2 is 1.74 bits per heavy atom. The molecule has 6 nitrogen and oxygen atoms in total. The van der Waals surface area contributed by atoms with E-state index in [-0.39, 0.29) is 27.1 Å². The summed E-state index contributed by atoms with van der Waals surface area (Å²) in [5.74, 6) is 0.0772. The van der Waals surface area contributed by atoms with E-state index in [0.29, 0.717) is 22.0 Å². The van der Waals surface area contributed by atoms with E-state index in [1.807, 2.05) is 6.07 Å². The molecule has 0 spiro atoms. The molecule has 3 aromatic carbocycles. The van der Waals surface area contributed by atoms with Gasteiger partial charge in [0, 0.05) is 33.0 Å². The molecular weight excluding hydrogens is 490 g/mol. The summed E-state index contributed by atoms with van der Waals surface area (Å²) in [4.78, 5) is 5.13. The minimum absolute atomic E-state index is 0.0558. The molecule has 4 aromatic rings. The first kappa shape index (κ1) is 22.2. The standard InChI is InChI=1S/C23H12Cl2F3N5O/c24-14-7-13(8-15(25)9-14)22(23(26,27)28)10-19(32-34-22)17-5-6-20(18-4-2-1-3-16(17)18)33-12-30-31-21(33)11-29/h1-9,12H,10H2. The van der Waals surface area contributed by atoms with Crippen molar-refractivity contribution in [3.05, 3.63) is 87.9 Å². The minimum atomic E-state index is -4.80. The summed E-state index contributed by atoms with van der Waals surface area (Å²) >= 11 is 12.0. The number of nitriles is 1. The molecule has 0 bridgehead atoms. The Hall–Kier alpha value is -3.61. The van der Waals surface area contributed by atoms with Crippen molar-refractivity contribution in [3.8, 4) is 11.8 Å². The van der Waals surface area contributed by atoms with Crippen molar-refractivity contribution >= 4 is 39.7 Å². The number of alkyl halides is 3. The van der Waals surface area contributed by atoms with Gasteiger partial charge in [0.25, 0.3) is 5.60 Å². The van der Waals surface area contributed by atoms with Crippen molar-refractivity contribution in [1.82, 2.24) is 14.8 Å². The van der Waals surface area contributed by atoms with E-state index >= 15 is 0 Å². The highest BCUT2D eigenvalue weighted by atomic mass is 35.5. The van der Waals surface area contributed by atoms with Gasteiger partial charge >= 0.3 is 6.18 Å². The number of oxime groups is 1. The zero-order valence-corrected chi connectivity index (χ0v) is 18.5. The Morgan fingerprint density at radius 3 is 2.41 bits per heavy atom. The molecule has 1 unspecified atom stereocenters. The Bertz CT molecular complexity index is 1490. The van der Waals surface area contributed by atoms with Crippen LogP contribution in [0.4, 0.5) is 13.2 Å². The molecule has 0 amide bonds. The SMILES string of the molecule is N#Cc1nncn1-c1ccc(C2=NOC(c3cc(Cl)cc(Cl)c3)(C(F)(F)F)C2)c2ccccc12. The molecule has 0 saturated heterocycles. The summed E-state index contributed by atoms with van der Waals surface area (Å²) in [6.07, 6.45) is -3.98. The molecule has 0 aliphatic carbocycles. The van der Waals surface area contributed by atoms with Gasteiger partial charge in [0.15, 0.2) is 0 Å². The second-order valence-corrected chi connectivity index (χ2v) is 8.48. The summed E-state index contributed by atoms with van der Waals surface area (Å²) in [7, 11) is 0. The second-order valence-electron chi connectivity index (χ2n) is 7.60. The van der Waals surface area contributed by atoms with E-state index in [0.717, 1.165) is 0 Å². The lowest BCUT2D eigenvalue weighted by Gasteiger charge is -2.29. The number of nitrogens with zero attached hydrogens (tertiary/aromatic N) is 5. The topological polar surface area (TPSA) is 76.1 Å². The summed E-state index contributed by atoms with van der Waals surface area (Å²) < 4.78 is 44.6. The second kappa shape index (κ2) is 8.01. The van der Waals surface area contributed by atoms with Gasteiger partial charge in [0.2, 0.25) is 5.82 Å². The molecule has 1 aliphatic heterocycles. The number of hydrogen-bond acceptors (Lipinski definition) is 5. The molecule has 0 N–H and O–H groups in total. The van der Waals surface area contributed by atoms with Gasteiger partial charge in [-0.05, 0) is 29.7 Å². The van der Waals surface area contributed by atoms with E-state index in [4.69, 9.17) is 28.0 Å². The highest BCUT2D eigenvalue weighted by molar-refractivity contribution is 6.34. The number of aromatic nitrogens is 3.